The van der Waals surface area contributed by atoms with Crippen LogP contribution in [-0.2, 0) is 19.1 Å². The van der Waals surface area contributed by atoms with Crippen molar-refractivity contribution in [3.63, 3.8) is 0 Å². The molecule has 0 aliphatic rings. The lowest BCUT2D eigenvalue weighted by Crippen LogP contribution is -2.20. The molecule has 0 unspecified atom stereocenters. The molecule has 2 N–H and O–H groups in total. The summed E-state index contributed by atoms with van der Waals surface area (Å²) in [4.78, 5) is 10.3. The van der Waals surface area contributed by atoms with Crippen molar-refractivity contribution in [1.82, 2.24) is 0 Å². The van der Waals surface area contributed by atoms with Gasteiger partial charge in [0.2, 0.25) is 5.91 Å². The number of amides is 1. The van der Waals surface area contributed by atoms with Gasteiger partial charge in [0.05, 0.1) is 3.79 Å². The van der Waals surface area contributed by atoms with Gasteiger partial charge in [0.15, 0.2) is 0 Å². The fraction of sp³-hybridized carbons (Fsp3) is 0.167. The topological polar surface area (TPSA) is 86.5 Å². The van der Waals surface area contributed by atoms with Gasteiger partial charge in [0.25, 0.3) is 0 Å². The Hall–Kier alpha value is -0.440. The second-order valence-corrected chi connectivity index (χ2v) is 6.55. The lowest BCUT2D eigenvalue weighted by atomic mass is 10.7. The van der Waals surface area contributed by atoms with Gasteiger partial charge in [-0.15, -0.1) is 11.3 Å². The highest BCUT2D eigenvalue weighted by Crippen LogP contribution is 2.27. The molecule has 0 spiro atoms. The third kappa shape index (κ3) is 3.05. The van der Waals surface area contributed by atoms with Gasteiger partial charge in [-0.2, -0.15) is 8.42 Å². The van der Waals surface area contributed by atoms with Crippen molar-refractivity contribution in [2.45, 2.75) is 4.21 Å². The van der Waals surface area contributed by atoms with Crippen molar-refractivity contribution < 1.29 is 17.4 Å². The Morgan fingerprint density at radius 3 is 2.64 bits per heavy atom. The van der Waals surface area contributed by atoms with Crippen LogP contribution >= 0.6 is 27.3 Å². The first-order valence-electron chi connectivity index (χ1n) is 3.35. The quantitative estimate of drug-likeness (QED) is 0.829. The molecule has 14 heavy (non-hydrogen) atoms. The molecular weight excluding hydrogens is 294 g/mol. The standard InChI is InChI=1S/C6H6BrNO4S2/c7-4-1-2-6(13-4)14(10,11)12-3-5(8)9/h1-2H,3H2,(H2,8,9). The molecule has 0 saturated carbocycles. The molecule has 0 saturated heterocycles. The van der Waals surface area contributed by atoms with Crippen LogP contribution in [0.1, 0.15) is 0 Å². The summed E-state index contributed by atoms with van der Waals surface area (Å²) in [5.74, 6) is -0.829. The van der Waals surface area contributed by atoms with Crippen molar-refractivity contribution in [2.24, 2.45) is 5.73 Å². The summed E-state index contributed by atoms with van der Waals surface area (Å²) in [5.41, 5.74) is 4.75. The van der Waals surface area contributed by atoms with Crippen LogP contribution in [0.4, 0.5) is 0 Å². The fourth-order valence-corrected chi connectivity index (χ4v) is 3.51. The highest BCUT2D eigenvalue weighted by atomic mass is 79.9. The monoisotopic (exact) mass is 299 g/mol. The van der Waals surface area contributed by atoms with Crippen molar-refractivity contribution in [2.75, 3.05) is 6.61 Å². The Balaban J connectivity index is 2.81. The molecule has 0 fully saturated rings. The van der Waals surface area contributed by atoms with Crippen molar-refractivity contribution >= 4 is 43.3 Å². The summed E-state index contributed by atoms with van der Waals surface area (Å²) in [7, 11) is -3.85. The number of carbonyl (C=O) groups excluding carboxylic acids is 1. The second-order valence-electron chi connectivity index (χ2n) is 2.24. The number of primary amides is 1. The molecule has 1 rings (SSSR count). The van der Waals surface area contributed by atoms with Gasteiger partial charge in [-0.05, 0) is 28.1 Å². The first-order chi connectivity index (χ1) is 6.42. The Bertz CT molecular complexity index is 438. The number of hydrogen-bond acceptors (Lipinski definition) is 5. The third-order valence-electron chi connectivity index (χ3n) is 1.15. The van der Waals surface area contributed by atoms with E-state index in [1.54, 1.807) is 6.07 Å². The zero-order chi connectivity index (χ0) is 10.8. The van der Waals surface area contributed by atoms with Gasteiger partial charge >= 0.3 is 10.1 Å². The van der Waals surface area contributed by atoms with Crippen LogP contribution in [0.25, 0.3) is 0 Å². The maximum Gasteiger partial charge on any atom is 0.307 e. The molecule has 78 valence electrons. The first kappa shape index (κ1) is 11.6. The molecule has 5 nitrogen and oxygen atoms in total. The predicted octanol–water partition coefficient (Wildman–Crippen LogP) is 0.701. The van der Waals surface area contributed by atoms with E-state index in [-0.39, 0.29) is 4.21 Å². The minimum Gasteiger partial charge on any atom is -0.368 e. The summed E-state index contributed by atoms with van der Waals surface area (Å²) in [6, 6.07) is 2.95. The fourth-order valence-electron chi connectivity index (χ4n) is 0.626. The molecule has 0 radical (unpaired) electrons. The Labute approximate surface area is 93.1 Å². The van der Waals surface area contributed by atoms with Gasteiger partial charge in [0.1, 0.15) is 10.8 Å². The van der Waals surface area contributed by atoms with Gasteiger partial charge in [-0.1, -0.05) is 0 Å². The average Bonchev–Trinajstić information content (AvgIpc) is 2.49. The number of halogens is 1. The molecule has 0 atom stereocenters. The molecule has 8 heteroatoms. The van der Waals surface area contributed by atoms with Gasteiger partial charge in [-0.25, -0.2) is 0 Å². The molecule has 0 bridgehead atoms. The molecule has 0 aromatic carbocycles. The van der Waals surface area contributed by atoms with Crippen LogP contribution in [0.3, 0.4) is 0 Å². The van der Waals surface area contributed by atoms with Crippen LogP contribution in [0.5, 0.6) is 0 Å². The molecule has 1 aromatic rings. The van der Waals surface area contributed by atoms with Crippen LogP contribution in [-0.4, -0.2) is 20.9 Å². The molecule has 1 aromatic heterocycles. The zero-order valence-corrected chi connectivity index (χ0v) is 9.99. The smallest absolute Gasteiger partial charge is 0.307 e. The highest BCUT2D eigenvalue weighted by molar-refractivity contribution is 9.11. The second kappa shape index (κ2) is 4.39. The maximum atomic E-state index is 11.3. The van der Waals surface area contributed by atoms with E-state index >= 15 is 0 Å². The van der Waals surface area contributed by atoms with E-state index < -0.39 is 22.6 Å². The number of hydrogen-bond donors (Lipinski definition) is 1. The Morgan fingerprint density at radius 1 is 1.57 bits per heavy atom. The lowest BCUT2D eigenvalue weighted by Gasteiger charge is -1.99. The normalized spacial score (nSPS) is 11.5. The largest absolute Gasteiger partial charge is 0.368 e. The SMILES string of the molecule is NC(=O)COS(=O)(=O)c1ccc(Br)s1. The van der Waals surface area contributed by atoms with Crippen LogP contribution in [0.15, 0.2) is 20.1 Å². The summed E-state index contributed by atoms with van der Waals surface area (Å²) in [5, 5.41) is 0. The molecule has 1 heterocycles. The van der Waals surface area contributed by atoms with Crippen LogP contribution in [0.2, 0.25) is 0 Å². The zero-order valence-electron chi connectivity index (χ0n) is 6.77. The lowest BCUT2D eigenvalue weighted by molar-refractivity contribution is -0.119. The summed E-state index contributed by atoms with van der Waals surface area (Å²) >= 11 is 4.11. The van der Waals surface area contributed by atoms with Crippen molar-refractivity contribution in [1.29, 1.82) is 0 Å². The molecular formula is C6H6BrNO4S2. The number of nitrogens with two attached hydrogens (primary N) is 1. The highest BCUT2D eigenvalue weighted by Gasteiger charge is 2.18. The summed E-state index contributed by atoms with van der Waals surface area (Å²) in [6.45, 7) is -0.641. The van der Waals surface area contributed by atoms with Crippen molar-refractivity contribution in [3.8, 4) is 0 Å². The number of carbonyl (C=O) groups is 1. The van der Waals surface area contributed by atoms with E-state index in [1.807, 2.05) is 0 Å². The average molecular weight is 300 g/mol. The van der Waals surface area contributed by atoms with E-state index in [1.165, 1.54) is 6.07 Å². The van der Waals surface area contributed by atoms with Gasteiger partial charge < -0.3 is 5.73 Å². The summed E-state index contributed by atoms with van der Waals surface area (Å²) < 4.78 is 27.7. The Morgan fingerprint density at radius 2 is 2.21 bits per heavy atom. The number of rotatable bonds is 4. The molecule has 0 aliphatic heterocycles. The van der Waals surface area contributed by atoms with Gasteiger partial charge in [0, 0.05) is 0 Å². The Kier molecular flexibility index (Phi) is 3.65. The van der Waals surface area contributed by atoms with Crippen LogP contribution in [0, 0.1) is 0 Å². The van der Waals surface area contributed by atoms with E-state index in [0.29, 0.717) is 3.79 Å². The minimum atomic E-state index is -3.85. The molecule has 0 aliphatic carbocycles. The third-order valence-corrected chi connectivity index (χ3v) is 4.49. The molecule has 1 amide bonds. The number of thiophene rings is 1. The van der Waals surface area contributed by atoms with E-state index in [0.717, 1.165) is 11.3 Å². The predicted molar refractivity (Wildman–Crippen MR) is 54.4 cm³/mol. The minimum absolute atomic E-state index is 0.0330. The van der Waals surface area contributed by atoms with Crippen molar-refractivity contribution in [3.05, 3.63) is 15.9 Å². The first-order valence-corrected chi connectivity index (χ1v) is 6.36. The summed E-state index contributed by atoms with van der Waals surface area (Å²) in [6.07, 6.45) is 0. The maximum absolute atomic E-state index is 11.3. The van der Waals surface area contributed by atoms with E-state index in [2.05, 4.69) is 20.1 Å². The van der Waals surface area contributed by atoms with Crippen LogP contribution < -0.4 is 5.73 Å². The van der Waals surface area contributed by atoms with Gasteiger partial charge in [-0.3, -0.25) is 8.98 Å². The van der Waals surface area contributed by atoms with E-state index in [9.17, 15) is 13.2 Å². The van der Waals surface area contributed by atoms with E-state index in [4.69, 9.17) is 5.73 Å².